The van der Waals surface area contributed by atoms with Crippen molar-refractivity contribution in [2.24, 2.45) is 0 Å². The largest absolute Gasteiger partial charge is 0.488 e. The van der Waals surface area contributed by atoms with Crippen molar-refractivity contribution in [2.75, 3.05) is 0 Å². The number of furan rings is 1. The van der Waals surface area contributed by atoms with Crippen LogP contribution in [0.4, 0.5) is 4.39 Å². The van der Waals surface area contributed by atoms with Crippen molar-refractivity contribution in [1.29, 1.82) is 0 Å². The Labute approximate surface area is 123 Å². The van der Waals surface area contributed by atoms with Crippen molar-refractivity contribution >= 4 is 12.6 Å². The molecule has 0 bridgehead atoms. The van der Waals surface area contributed by atoms with Gasteiger partial charge >= 0.3 is 7.12 Å². The van der Waals surface area contributed by atoms with Gasteiger partial charge in [0.2, 0.25) is 0 Å². The van der Waals surface area contributed by atoms with Crippen molar-refractivity contribution in [2.45, 2.75) is 32.0 Å². The Kier molecular flexibility index (Phi) is 4.10. The third kappa shape index (κ3) is 3.72. The van der Waals surface area contributed by atoms with E-state index in [0.717, 1.165) is 30.2 Å². The van der Waals surface area contributed by atoms with Gasteiger partial charge in [-0.1, -0.05) is 6.07 Å². The third-order valence-corrected chi connectivity index (χ3v) is 3.67. The van der Waals surface area contributed by atoms with E-state index in [0.29, 0.717) is 19.1 Å². The highest BCUT2D eigenvalue weighted by Crippen LogP contribution is 2.29. The number of hydrogen-bond acceptors (Lipinski definition) is 4. The fourth-order valence-electron chi connectivity index (χ4n) is 2.51. The normalized spacial score (nSPS) is 14.7. The van der Waals surface area contributed by atoms with E-state index in [4.69, 9.17) is 4.42 Å². The molecule has 2 aromatic rings. The predicted molar refractivity (Wildman–Crippen MR) is 77.2 cm³/mol. The molecule has 1 aromatic carbocycles. The zero-order valence-corrected chi connectivity index (χ0v) is 11.6. The topological polar surface area (TPSA) is 56.8 Å². The minimum atomic E-state index is -1.65. The van der Waals surface area contributed by atoms with E-state index in [9.17, 15) is 14.4 Å². The van der Waals surface area contributed by atoms with Crippen LogP contribution in [0.3, 0.4) is 0 Å². The van der Waals surface area contributed by atoms with Crippen LogP contribution in [0.25, 0.3) is 0 Å². The second-order valence-corrected chi connectivity index (χ2v) is 5.48. The van der Waals surface area contributed by atoms with Gasteiger partial charge in [-0.05, 0) is 48.1 Å². The van der Waals surface area contributed by atoms with Crippen LogP contribution in [-0.4, -0.2) is 28.1 Å². The smallest absolute Gasteiger partial charge is 0.468 e. The highest BCUT2D eigenvalue weighted by atomic mass is 19.1. The Balaban J connectivity index is 1.76. The highest BCUT2D eigenvalue weighted by Gasteiger charge is 2.29. The van der Waals surface area contributed by atoms with Crippen molar-refractivity contribution in [1.82, 2.24) is 4.90 Å². The molecule has 1 aliphatic rings. The molecule has 1 saturated carbocycles. The van der Waals surface area contributed by atoms with E-state index >= 15 is 0 Å². The second-order valence-electron chi connectivity index (χ2n) is 5.48. The van der Waals surface area contributed by atoms with E-state index in [1.165, 1.54) is 6.07 Å². The first-order valence-electron chi connectivity index (χ1n) is 7.04. The van der Waals surface area contributed by atoms with Gasteiger partial charge in [-0.15, -0.1) is 0 Å². The Morgan fingerprint density at radius 2 is 2.05 bits per heavy atom. The first-order chi connectivity index (χ1) is 10.1. The maximum absolute atomic E-state index is 13.6. The maximum Gasteiger partial charge on any atom is 0.488 e. The standard InChI is InChI=1S/C15H17BFNO3/c17-13-7-11(6-12(8-13)16(19)20)9-18(14-3-4-14)10-15-2-1-5-21-15/h1-2,5-8,14,19-20H,3-4,9-10H2. The van der Waals surface area contributed by atoms with Gasteiger partial charge in [-0.2, -0.15) is 0 Å². The molecule has 0 spiro atoms. The monoisotopic (exact) mass is 289 g/mol. The molecule has 0 radical (unpaired) electrons. The summed E-state index contributed by atoms with van der Waals surface area (Å²) in [4.78, 5) is 2.22. The molecule has 4 nitrogen and oxygen atoms in total. The quantitative estimate of drug-likeness (QED) is 0.786. The molecule has 110 valence electrons. The lowest BCUT2D eigenvalue weighted by Crippen LogP contribution is -2.31. The van der Waals surface area contributed by atoms with Gasteiger partial charge in [0.15, 0.2) is 0 Å². The zero-order valence-electron chi connectivity index (χ0n) is 11.6. The molecule has 0 aliphatic heterocycles. The molecule has 1 fully saturated rings. The van der Waals surface area contributed by atoms with Crippen LogP contribution in [0.1, 0.15) is 24.2 Å². The average molecular weight is 289 g/mol. The fourth-order valence-corrected chi connectivity index (χ4v) is 2.51. The van der Waals surface area contributed by atoms with Crippen molar-refractivity contribution in [3.8, 4) is 0 Å². The maximum atomic E-state index is 13.6. The molecule has 0 amide bonds. The summed E-state index contributed by atoms with van der Waals surface area (Å²) in [5.41, 5.74) is 0.912. The Morgan fingerprint density at radius 3 is 2.67 bits per heavy atom. The van der Waals surface area contributed by atoms with Crippen LogP contribution >= 0.6 is 0 Å². The van der Waals surface area contributed by atoms with Gasteiger partial charge in [-0.25, -0.2) is 4.39 Å². The molecule has 1 aromatic heterocycles. The van der Waals surface area contributed by atoms with Gasteiger partial charge in [0, 0.05) is 12.6 Å². The van der Waals surface area contributed by atoms with Crippen LogP contribution in [0.2, 0.25) is 0 Å². The van der Waals surface area contributed by atoms with Crippen LogP contribution < -0.4 is 5.46 Å². The van der Waals surface area contributed by atoms with E-state index in [1.54, 1.807) is 12.3 Å². The molecule has 21 heavy (non-hydrogen) atoms. The number of benzene rings is 1. The summed E-state index contributed by atoms with van der Waals surface area (Å²) in [6.45, 7) is 1.23. The first-order valence-corrected chi connectivity index (χ1v) is 7.04. The molecule has 1 aliphatic carbocycles. The molecule has 0 saturated heterocycles. The van der Waals surface area contributed by atoms with Crippen LogP contribution in [0, 0.1) is 5.82 Å². The summed E-state index contributed by atoms with van der Waals surface area (Å²) in [6, 6.07) is 8.46. The van der Waals surface area contributed by atoms with Crippen LogP contribution in [0.15, 0.2) is 41.0 Å². The van der Waals surface area contributed by atoms with Gasteiger partial charge in [0.1, 0.15) is 11.6 Å². The molecule has 2 N–H and O–H groups in total. The van der Waals surface area contributed by atoms with Crippen LogP contribution in [-0.2, 0) is 13.1 Å². The molecule has 3 rings (SSSR count). The minimum Gasteiger partial charge on any atom is -0.468 e. The summed E-state index contributed by atoms with van der Waals surface area (Å²) < 4.78 is 18.9. The van der Waals surface area contributed by atoms with Crippen molar-refractivity contribution in [3.05, 3.63) is 53.7 Å². The molecule has 0 atom stereocenters. The average Bonchev–Trinajstić information content (AvgIpc) is 3.16. The third-order valence-electron chi connectivity index (χ3n) is 3.67. The highest BCUT2D eigenvalue weighted by molar-refractivity contribution is 6.58. The summed E-state index contributed by atoms with van der Waals surface area (Å²) in [6.07, 6.45) is 3.90. The first kappa shape index (κ1) is 14.3. The van der Waals surface area contributed by atoms with Gasteiger partial charge in [0.25, 0.3) is 0 Å². The lowest BCUT2D eigenvalue weighted by Gasteiger charge is -2.21. The van der Waals surface area contributed by atoms with E-state index in [1.807, 2.05) is 12.1 Å². The van der Waals surface area contributed by atoms with Gasteiger partial charge < -0.3 is 14.5 Å². The number of hydrogen-bond donors (Lipinski definition) is 2. The Morgan fingerprint density at radius 1 is 1.24 bits per heavy atom. The van der Waals surface area contributed by atoms with Crippen molar-refractivity contribution < 1.29 is 18.9 Å². The van der Waals surface area contributed by atoms with E-state index in [2.05, 4.69) is 4.90 Å². The van der Waals surface area contributed by atoms with Crippen LogP contribution in [0.5, 0.6) is 0 Å². The molecular weight excluding hydrogens is 272 g/mol. The summed E-state index contributed by atoms with van der Waals surface area (Å²) in [5, 5.41) is 18.4. The van der Waals surface area contributed by atoms with Gasteiger partial charge in [0.05, 0.1) is 12.8 Å². The number of halogens is 1. The second kappa shape index (κ2) is 6.01. The number of rotatable bonds is 6. The summed E-state index contributed by atoms with van der Waals surface area (Å²) in [7, 11) is -1.65. The molecule has 1 heterocycles. The zero-order chi connectivity index (χ0) is 14.8. The summed E-state index contributed by atoms with van der Waals surface area (Å²) >= 11 is 0. The number of nitrogens with zero attached hydrogens (tertiary/aromatic N) is 1. The SMILES string of the molecule is OB(O)c1cc(F)cc(CN(Cc2ccco2)C2CC2)c1. The van der Waals surface area contributed by atoms with Crippen molar-refractivity contribution in [3.63, 3.8) is 0 Å². The Bertz CT molecular complexity index is 599. The lowest BCUT2D eigenvalue weighted by atomic mass is 9.79. The van der Waals surface area contributed by atoms with E-state index < -0.39 is 12.9 Å². The molecule has 0 unspecified atom stereocenters. The fraction of sp³-hybridized carbons (Fsp3) is 0.333. The molecular formula is C15H17BFNO3. The minimum absolute atomic E-state index is 0.179. The molecule has 6 heteroatoms. The Hall–Kier alpha value is -1.63. The van der Waals surface area contributed by atoms with E-state index in [-0.39, 0.29) is 5.46 Å². The predicted octanol–water partition coefficient (Wildman–Crippen LogP) is 1.26. The van der Waals surface area contributed by atoms with Gasteiger partial charge in [-0.3, -0.25) is 4.90 Å². The summed E-state index contributed by atoms with van der Waals surface area (Å²) in [5.74, 6) is 0.421. The lowest BCUT2D eigenvalue weighted by molar-refractivity contribution is 0.225.